The number of hydrogen-bond acceptors (Lipinski definition) is 3. The van der Waals surface area contributed by atoms with Gasteiger partial charge in [0.2, 0.25) is 5.91 Å². The number of anilines is 1. The van der Waals surface area contributed by atoms with Crippen LogP contribution in [0.2, 0.25) is 0 Å². The van der Waals surface area contributed by atoms with Crippen LogP contribution in [-0.4, -0.2) is 11.8 Å². The summed E-state index contributed by atoms with van der Waals surface area (Å²) in [6.45, 7) is 3.38. The molecule has 104 valence electrons. The van der Waals surface area contributed by atoms with E-state index >= 15 is 0 Å². The lowest BCUT2D eigenvalue weighted by molar-refractivity contribution is -0.114. The summed E-state index contributed by atoms with van der Waals surface area (Å²) < 4.78 is 0. The molecule has 1 aromatic heterocycles. The molecule has 0 radical (unpaired) electrons. The minimum Gasteiger partial charge on any atom is -0.345 e. The van der Waals surface area contributed by atoms with Crippen LogP contribution in [0.5, 0.6) is 0 Å². The van der Waals surface area contributed by atoms with Crippen LogP contribution in [0.3, 0.4) is 0 Å². The molecule has 2 amide bonds. The van der Waals surface area contributed by atoms with E-state index in [0.29, 0.717) is 11.3 Å². The monoisotopic (exact) mass is 288 g/mol. The number of nitrogens with one attached hydrogen (secondary N) is 2. The molecule has 0 spiro atoms. The van der Waals surface area contributed by atoms with E-state index in [-0.39, 0.29) is 17.9 Å². The van der Waals surface area contributed by atoms with Crippen molar-refractivity contribution in [2.24, 2.45) is 0 Å². The number of benzene rings is 1. The zero-order valence-electron chi connectivity index (χ0n) is 11.3. The molecule has 1 unspecified atom stereocenters. The van der Waals surface area contributed by atoms with E-state index in [1.54, 1.807) is 35.6 Å². The molecule has 0 aliphatic rings. The van der Waals surface area contributed by atoms with Gasteiger partial charge in [0, 0.05) is 23.1 Å². The second-order valence-electron chi connectivity index (χ2n) is 4.47. The summed E-state index contributed by atoms with van der Waals surface area (Å²) in [5.41, 5.74) is 1.15. The first-order valence-electron chi connectivity index (χ1n) is 6.28. The van der Waals surface area contributed by atoms with E-state index in [0.717, 1.165) is 4.88 Å². The van der Waals surface area contributed by atoms with Crippen molar-refractivity contribution in [2.45, 2.75) is 19.9 Å². The van der Waals surface area contributed by atoms with Crippen molar-refractivity contribution >= 4 is 28.8 Å². The molecule has 4 nitrogen and oxygen atoms in total. The molecule has 1 heterocycles. The molecule has 2 aromatic rings. The van der Waals surface area contributed by atoms with Crippen molar-refractivity contribution in [3.8, 4) is 0 Å². The van der Waals surface area contributed by atoms with E-state index in [2.05, 4.69) is 10.6 Å². The Morgan fingerprint density at radius 3 is 2.65 bits per heavy atom. The van der Waals surface area contributed by atoms with E-state index in [9.17, 15) is 9.59 Å². The van der Waals surface area contributed by atoms with Crippen molar-refractivity contribution < 1.29 is 9.59 Å². The van der Waals surface area contributed by atoms with Crippen molar-refractivity contribution in [2.75, 3.05) is 5.32 Å². The van der Waals surface area contributed by atoms with Crippen LogP contribution >= 0.6 is 11.3 Å². The summed E-state index contributed by atoms with van der Waals surface area (Å²) >= 11 is 1.61. The predicted octanol–water partition coefficient (Wildman–Crippen LogP) is 3.20. The minimum atomic E-state index is -0.158. The van der Waals surface area contributed by atoms with Crippen molar-refractivity contribution in [3.05, 3.63) is 52.2 Å². The molecule has 0 aliphatic carbocycles. The maximum absolute atomic E-state index is 12.2. The van der Waals surface area contributed by atoms with Gasteiger partial charge >= 0.3 is 0 Å². The molecule has 2 rings (SSSR count). The Balaban J connectivity index is 2.07. The SMILES string of the molecule is CC(=O)Nc1cccc(C(=O)NC(C)c2cccs2)c1. The Hall–Kier alpha value is -2.14. The van der Waals surface area contributed by atoms with Crippen molar-refractivity contribution in [3.63, 3.8) is 0 Å². The van der Waals surface area contributed by atoms with Gasteiger partial charge in [0.25, 0.3) is 5.91 Å². The average molecular weight is 288 g/mol. The Morgan fingerprint density at radius 1 is 1.20 bits per heavy atom. The molecule has 0 saturated heterocycles. The third-order valence-corrected chi connectivity index (χ3v) is 3.82. The third kappa shape index (κ3) is 3.68. The van der Waals surface area contributed by atoms with E-state index in [4.69, 9.17) is 0 Å². The summed E-state index contributed by atoms with van der Waals surface area (Å²) in [5, 5.41) is 7.58. The zero-order valence-corrected chi connectivity index (χ0v) is 12.2. The van der Waals surface area contributed by atoms with Gasteiger partial charge in [-0.3, -0.25) is 9.59 Å². The number of carbonyl (C=O) groups is 2. The standard InChI is InChI=1S/C15H16N2O2S/c1-10(14-7-4-8-20-14)16-15(19)12-5-3-6-13(9-12)17-11(2)18/h3-10H,1-2H3,(H,16,19)(H,17,18). The summed E-state index contributed by atoms with van der Waals surface area (Å²) in [6.07, 6.45) is 0. The first-order valence-corrected chi connectivity index (χ1v) is 7.16. The fourth-order valence-electron chi connectivity index (χ4n) is 1.83. The predicted molar refractivity (Wildman–Crippen MR) is 80.9 cm³/mol. The van der Waals surface area contributed by atoms with Crippen LogP contribution in [0.4, 0.5) is 5.69 Å². The molecule has 0 bridgehead atoms. The Bertz CT molecular complexity index is 608. The fourth-order valence-corrected chi connectivity index (χ4v) is 2.56. The number of carbonyl (C=O) groups excluding carboxylic acids is 2. The average Bonchev–Trinajstić information content (AvgIpc) is 2.92. The quantitative estimate of drug-likeness (QED) is 0.907. The van der Waals surface area contributed by atoms with Crippen LogP contribution < -0.4 is 10.6 Å². The van der Waals surface area contributed by atoms with Crippen LogP contribution in [0, 0.1) is 0 Å². The molecule has 1 atom stereocenters. The second-order valence-corrected chi connectivity index (χ2v) is 5.45. The second kappa shape index (κ2) is 6.34. The van der Waals surface area contributed by atoms with Crippen molar-refractivity contribution in [1.82, 2.24) is 5.32 Å². The van der Waals surface area contributed by atoms with Gasteiger partial charge in [-0.15, -0.1) is 11.3 Å². The summed E-state index contributed by atoms with van der Waals surface area (Å²) in [4.78, 5) is 24.3. The zero-order chi connectivity index (χ0) is 14.5. The Kier molecular flexibility index (Phi) is 4.53. The van der Waals surface area contributed by atoms with Gasteiger partial charge in [0.05, 0.1) is 6.04 Å². The highest BCUT2D eigenvalue weighted by Crippen LogP contribution is 2.19. The topological polar surface area (TPSA) is 58.2 Å². The van der Waals surface area contributed by atoms with Gasteiger partial charge in [0.15, 0.2) is 0 Å². The lowest BCUT2D eigenvalue weighted by Crippen LogP contribution is -2.26. The molecular formula is C15H16N2O2S. The molecule has 0 fully saturated rings. The highest BCUT2D eigenvalue weighted by atomic mass is 32.1. The summed E-state index contributed by atoms with van der Waals surface area (Å²) in [5.74, 6) is -0.312. The van der Waals surface area contributed by atoms with Gasteiger partial charge in [-0.1, -0.05) is 12.1 Å². The Morgan fingerprint density at radius 2 is 2.00 bits per heavy atom. The molecule has 5 heteroatoms. The largest absolute Gasteiger partial charge is 0.345 e. The Labute approximate surface area is 121 Å². The highest BCUT2D eigenvalue weighted by molar-refractivity contribution is 7.10. The number of amides is 2. The lowest BCUT2D eigenvalue weighted by Gasteiger charge is -2.12. The molecule has 20 heavy (non-hydrogen) atoms. The number of hydrogen-bond donors (Lipinski definition) is 2. The van der Waals surface area contributed by atoms with Crippen LogP contribution in [0.25, 0.3) is 0 Å². The smallest absolute Gasteiger partial charge is 0.251 e. The lowest BCUT2D eigenvalue weighted by atomic mass is 10.1. The molecule has 0 aliphatic heterocycles. The number of rotatable bonds is 4. The maximum atomic E-state index is 12.2. The maximum Gasteiger partial charge on any atom is 0.251 e. The van der Waals surface area contributed by atoms with Crippen LogP contribution in [0.15, 0.2) is 41.8 Å². The fraction of sp³-hybridized carbons (Fsp3) is 0.200. The molecule has 1 aromatic carbocycles. The normalized spacial score (nSPS) is 11.7. The molecule has 2 N–H and O–H groups in total. The van der Waals surface area contributed by atoms with Gasteiger partial charge in [-0.25, -0.2) is 0 Å². The molecule has 0 saturated carbocycles. The van der Waals surface area contributed by atoms with Crippen LogP contribution in [0.1, 0.15) is 35.1 Å². The minimum absolute atomic E-state index is 0.0353. The summed E-state index contributed by atoms with van der Waals surface area (Å²) in [7, 11) is 0. The molecular weight excluding hydrogens is 272 g/mol. The van der Waals surface area contributed by atoms with Gasteiger partial charge in [-0.05, 0) is 36.6 Å². The first-order chi connectivity index (χ1) is 9.56. The third-order valence-electron chi connectivity index (χ3n) is 2.76. The van der Waals surface area contributed by atoms with Gasteiger partial charge in [0.1, 0.15) is 0 Å². The first kappa shape index (κ1) is 14.3. The van der Waals surface area contributed by atoms with E-state index < -0.39 is 0 Å². The highest BCUT2D eigenvalue weighted by Gasteiger charge is 2.12. The van der Waals surface area contributed by atoms with E-state index in [1.165, 1.54) is 6.92 Å². The van der Waals surface area contributed by atoms with Gasteiger partial charge in [-0.2, -0.15) is 0 Å². The number of thiophene rings is 1. The summed E-state index contributed by atoms with van der Waals surface area (Å²) in [6, 6.07) is 10.8. The van der Waals surface area contributed by atoms with Crippen LogP contribution in [-0.2, 0) is 4.79 Å². The van der Waals surface area contributed by atoms with Crippen molar-refractivity contribution in [1.29, 1.82) is 0 Å². The van der Waals surface area contributed by atoms with E-state index in [1.807, 2.05) is 24.4 Å². The van der Waals surface area contributed by atoms with Gasteiger partial charge < -0.3 is 10.6 Å².